The van der Waals surface area contributed by atoms with Gasteiger partial charge in [-0.1, -0.05) is 18.5 Å². The summed E-state index contributed by atoms with van der Waals surface area (Å²) in [6.45, 7) is 5.15. The molecule has 0 aromatic carbocycles. The number of hydrogen-bond acceptors (Lipinski definition) is 3. The normalized spacial score (nSPS) is 22.8. The van der Waals surface area contributed by atoms with Crippen LogP contribution in [0.3, 0.4) is 0 Å². The number of amides is 1. The van der Waals surface area contributed by atoms with Crippen molar-refractivity contribution in [1.29, 1.82) is 0 Å². The molecule has 1 aromatic heterocycles. The van der Waals surface area contributed by atoms with Crippen LogP contribution in [-0.4, -0.2) is 40.3 Å². The van der Waals surface area contributed by atoms with Crippen LogP contribution in [0.25, 0.3) is 0 Å². The number of aryl methyl sites for hydroxylation is 1. The minimum absolute atomic E-state index is 0.0675. The van der Waals surface area contributed by atoms with Crippen LogP contribution in [0.15, 0.2) is 0 Å². The number of hydrogen-bond donors (Lipinski definition) is 0. The maximum absolute atomic E-state index is 12.5. The van der Waals surface area contributed by atoms with E-state index in [1.807, 2.05) is 4.90 Å². The van der Waals surface area contributed by atoms with E-state index in [1.165, 1.54) is 6.42 Å². The van der Waals surface area contributed by atoms with Crippen LogP contribution in [0, 0.1) is 5.92 Å². The Labute approximate surface area is 117 Å². The maximum Gasteiger partial charge on any atom is 0.276 e. The zero-order valence-corrected chi connectivity index (χ0v) is 11.8. The number of piperidine rings is 1. The minimum atomic E-state index is -0.0675. The van der Waals surface area contributed by atoms with Crippen molar-refractivity contribution in [3.8, 4) is 5.88 Å². The fourth-order valence-electron chi connectivity index (χ4n) is 2.76. The third-order valence-electron chi connectivity index (χ3n) is 3.75. The molecule has 5 nitrogen and oxygen atoms in total. The molecule has 0 radical (unpaired) electrons. The summed E-state index contributed by atoms with van der Waals surface area (Å²) in [5, 5.41) is 4.68. The second kappa shape index (κ2) is 5.04. The van der Waals surface area contributed by atoms with E-state index >= 15 is 0 Å². The molecule has 1 amide bonds. The Kier molecular flexibility index (Phi) is 3.39. The van der Waals surface area contributed by atoms with E-state index in [1.54, 1.807) is 4.68 Å². The van der Waals surface area contributed by atoms with Crippen molar-refractivity contribution in [3.63, 3.8) is 0 Å². The zero-order valence-electron chi connectivity index (χ0n) is 11.1. The molecule has 3 rings (SSSR count). The van der Waals surface area contributed by atoms with Crippen molar-refractivity contribution >= 4 is 17.5 Å². The van der Waals surface area contributed by atoms with E-state index in [-0.39, 0.29) is 5.91 Å². The van der Waals surface area contributed by atoms with Crippen molar-refractivity contribution in [2.75, 3.05) is 19.7 Å². The van der Waals surface area contributed by atoms with E-state index in [9.17, 15) is 4.79 Å². The van der Waals surface area contributed by atoms with Crippen LogP contribution < -0.4 is 4.74 Å². The lowest BCUT2D eigenvalue weighted by atomic mass is 10.00. The molecule has 1 aromatic rings. The Morgan fingerprint density at radius 3 is 3.00 bits per heavy atom. The van der Waals surface area contributed by atoms with Gasteiger partial charge in [0.25, 0.3) is 5.91 Å². The van der Waals surface area contributed by atoms with E-state index in [0.717, 1.165) is 32.5 Å². The van der Waals surface area contributed by atoms with Gasteiger partial charge in [0, 0.05) is 26.1 Å². The predicted octanol–water partition coefficient (Wildman–Crippen LogP) is 2.19. The summed E-state index contributed by atoms with van der Waals surface area (Å²) >= 11 is 6.24. The van der Waals surface area contributed by atoms with Crippen LogP contribution in [0.1, 0.15) is 36.7 Å². The van der Waals surface area contributed by atoms with Crippen LogP contribution in [-0.2, 0) is 6.54 Å². The van der Waals surface area contributed by atoms with Gasteiger partial charge in [0.2, 0.25) is 5.88 Å². The van der Waals surface area contributed by atoms with Gasteiger partial charge in [0.15, 0.2) is 5.69 Å². The molecule has 0 spiro atoms. The van der Waals surface area contributed by atoms with Gasteiger partial charge in [0.05, 0.1) is 6.61 Å². The van der Waals surface area contributed by atoms with E-state index in [4.69, 9.17) is 16.3 Å². The van der Waals surface area contributed by atoms with Gasteiger partial charge in [-0.3, -0.25) is 4.79 Å². The average Bonchev–Trinajstić information content (AvgIpc) is 2.76. The first-order chi connectivity index (χ1) is 9.16. The summed E-state index contributed by atoms with van der Waals surface area (Å²) in [5.41, 5.74) is 0.340. The summed E-state index contributed by atoms with van der Waals surface area (Å²) in [6, 6.07) is 0. The molecule has 19 heavy (non-hydrogen) atoms. The molecule has 0 bridgehead atoms. The molecule has 0 saturated carbocycles. The highest BCUT2D eigenvalue weighted by molar-refractivity contribution is 6.34. The number of nitrogens with zero attached hydrogens (tertiary/aromatic N) is 3. The van der Waals surface area contributed by atoms with Gasteiger partial charge >= 0.3 is 0 Å². The predicted molar refractivity (Wildman–Crippen MR) is 71.7 cm³/mol. The van der Waals surface area contributed by atoms with Gasteiger partial charge in [-0.2, -0.15) is 5.10 Å². The summed E-state index contributed by atoms with van der Waals surface area (Å²) in [7, 11) is 0. The number of aromatic nitrogens is 2. The van der Waals surface area contributed by atoms with Crippen molar-refractivity contribution in [1.82, 2.24) is 14.7 Å². The lowest BCUT2D eigenvalue weighted by Gasteiger charge is -2.30. The number of ether oxygens (including phenoxy) is 1. The van der Waals surface area contributed by atoms with Crippen LogP contribution in [0.4, 0.5) is 0 Å². The highest BCUT2D eigenvalue weighted by atomic mass is 35.5. The number of halogens is 1. The summed E-state index contributed by atoms with van der Waals surface area (Å²) < 4.78 is 7.19. The van der Waals surface area contributed by atoms with Gasteiger partial charge < -0.3 is 9.64 Å². The number of likely N-dealkylation sites (tertiary alicyclic amines) is 1. The van der Waals surface area contributed by atoms with E-state index in [0.29, 0.717) is 29.1 Å². The molecule has 6 heteroatoms. The van der Waals surface area contributed by atoms with E-state index in [2.05, 4.69) is 12.0 Å². The van der Waals surface area contributed by atoms with E-state index < -0.39 is 0 Å². The monoisotopic (exact) mass is 283 g/mol. The first kappa shape index (κ1) is 12.8. The molecule has 1 unspecified atom stereocenters. The van der Waals surface area contributed by atoms with Gasteiger partial charge in [0.1, 0.15) is 5.02 Å². The lowest BCUT2D eigenvalue weighted by Crippen LogP contribution is -2.39. The third-order valence-corrected chi connectivity index (χ3v) is 4.09. The fourth-order valence-corrected chi connectivity index (χ4v) is 3.03. The van der Waals surface area contributed by atoms with Crippen LogP contribution in [0.5, 0.6) is 5.88 Å². The Bertz CT molecular complexity index is 500. The third kappa shape index (κ3) is 2.31. The smallest absolute Gasteiger partial charge is 0.276 e. The largest absolute Gasteiger partial charge is 0.477 e. The quantitative estimate of drug-likeness (QED) is 0.794. The fraction of sp³-hybridized carbons (Fsp3) is 0.692. The van der Waals surface area contributed by atoms with Gasteiger partial charge in [-0.15, -0.1) is 0 Å². The molecule has 1 atom stereocenters. The standard InChI is InChI=1S/C13H18ClN3O2/c1-9-4-2-5-16(8-9)12(18)11-10(14)13-17(15-11)6-3-7-19-13/h9H,2-8H2,1H3. The van der Waals surface area contributed by atoms with Gasteiger partial charge in [-0.25, -0.2) is 4.68 Å². The Morgan fingerprint density at radius 2 is 2.26 bits per heavy atom. The Morgan fingerprint density at radius 1 is 1.42 bits per heavy atom. The SMILES string of the molecule is CC1CCCN(C(=O)c2nn3c(c2Cl)OCCC3)C1. The molecule has 2 aliphatic rings. The molecule has 0 N–H and O–H groups in total. The second-order valence-corrected chi connectivity index (χ2v) is 5.77. The number of rotatable bonds is 1. The number of carbonyl (C=O) groups excluding carboxylic acids is 1. The van der Waals surface area contributed by atoms with Crippen LogP contribution in [0.2, 0.25) is 5.02 Å². The molecule has 104 valence electrons. The molecular formula is C13H18ClN3O2. The van der Waals surface area contributed by atoms with Crippen molar-refractivity contribution in [3.05, 3.63) is 10.7 Å². The number of fused-ring (bicyclic) bond motifs is 1. The van der Waals surface area contributed by atoms with Crippen molar-refractivity contribution < 1.29 is 9.53 Å². The minimum Gasteiger partial charge on any atom is -0.477 e. The summed E-state index contributed by atoms with van der Waals surface area (Å²) in [6.07, 6.45) is 3.13. The van der Waals surface area contributed by atoms with Crippen LogP contribution >= 0.6 is 11.6 Å². The lowest BCUT2D eigenvalue weighted by molar-refractivity contribution is 0.0676. The Hall–Kier alpha value is -1.23. The van der Waals surface area contributed by atoms with Crippen molar-refractivity contribution in [2.24, 2.45) is 5.92 Å². The average molecular weight is 284 g/mol. The summed E-state index contributed by atoms with van der Waals surface area (Å²) in [4.78, 5) is 14.3. The molecule has 1 fully saturated rings. The Balaban J connectivity index is 1.85. The second-order valence-electron chi connectivity index (χ2n) is 5.39. The zero-order chi connectivity index (χ0) is 13.4. The topological polar surface area (TPSA) is 47.4 Å². The number of carbonyl (C=O) groups is 1. The molecule has 0 aliphatic carbocycles. The highest BCUT2D eigenvalue weighted by Crippen LogP contribution is 2.32. The first-order valence-corrected chi connectivity index (χ1v) is 7.23. The first-order valence-electron chi connectivity index (χ1n) is 6.85. The maximum atomic E-state index is 12.5. The molecule has 3 heterocycles. The molecule has 1 saturated heterocycles. The summed E-state index contributed by atoms with van der Waals surface area (Å²) in [5.74, 6) is 1.02. The molecular weight excluding hydrogens is 266 g/mol. The van der Waals surface area contributed by atoms with Crippen molar-refractivity contribution in [2.45, 2.75) is 32.7 Å². The van der Waals surface area contributed by atoms with Gasteiger partial charge in [-0.05, 0) is 18.8 Å². The highest BCUT2D eigenvalue weighted by Gasteiger charge is 2.29. The molecule has 2 aliphatic heterocycles.